The van der Waals surface area contributed by atoms with Gasteiger partial charge < -0.3 is 4.90 Å². The summed E-state index contributed by atoms with van der Waals surface area (Å²) in [6.07, 6.45) is 2.29. The Labute approximate surface area is 111 Å². The van der Waals surface area contributed by atoms with E-state index in [1.807, 2.05) is 36.1 Å². The number of nitrogens with zero attached hydrogens (tertiary/aromatic N) is 1. The Morgan fingerprint density at radius 3 is 2.47 bits per heavy atom. The Balaban J connectivity index is 1.93. The molecule has 2 nitrogen and oxygen atoms in total. The summed E-state index contributed by atoms with van der Waals surface area (Å²) in [5.74, 6) is 0.252. The lowest BCUT2D eigenvalue weighted by molar-refractivity contribution is -0.129. The van der Waals surface area contributed by atoms with Crippen molar-refractivity contribution >= 4 is 29.3 Å². The summed E-state index contributed by atoms with van der Waals surface area (Å²) in [4.78, 5) is 15.2. The molecule has 2 rings (SSSR count). The molecule has 0 aliphatic carbocycles. The van der Waals surface area contributed by atoms with E-state index in [2.05, 4.69) is 0 Å². The van der Waals surface area contributed by atoms with Crippen molar-refractivity contribution in [3.05, 3.63) is 29.3 Å². The van der Waals surface area contributed by atoms with E-state index in [4.69, 9.17) is 11.6 Å². The molecule has 0 saturated carbocycles. The number of hydrogen-bond acceptors (Lipinski definition) is 2. The summed E-state index contributed by atoms with van der Waals surface area (Å²) >= 11 is 7.43. The lowest BCUT2D eigenvalue weighted by Crippen LogP contribution is -2.33. The van der Waals surface area contributed by atoms with Crippen LogP contribution >= 0.6 is 23.4 Å². The maximum absolute atomic E-state index is 12.1. The summed E-state index contributed by atoms with van der Waals surface area (Å²) in [5.41, 5.74) is 0. The number of halogens is 1. The summed E-state index contributed by atoms with van der Waals surface area (Å²) in [6.45, 7) is 3.81. The van der Waals surface area contributed by atoms with E-state index in [-0.39, 0.29) is 11.2 Å². The van der Waals surface area contributed by atoms with E-state index in [1.54, 1.807) is 11.8 Å². The lowest BCUT2D eigenvalue weighted by atomic mass is 10.4. The van der Waals surface area contributed by atoms with Crippen molar-refractivity contribution in [3.8, 4) is 0 Å². The molecule has 1 heterocycles. The Morgan fingerprint density at radius 2 is 1.88 bits per heavy atom. The standard InChI is InChI=1S/C13H16ClNOS/c1-10(13(16)15-8-2-3-9-15)17-12-6-4-11(14)5-7-12/h4-7,10H,2-3,8-9H2,1H3/t10-/m1/s1. The average molecular weight is 270 g/mol. The molecule has 1 aliphatic heterocycles. The molecule has 92 valence electrons. The van der Waals surface area contributed by atoms with Gasteiger partial charge in [-0.25, -0.2) is 0 Å². The second kappa shape index (κ2) is 5.78. The van der Waals surface area contributed by atoms with E-state index in [9.17, 15) is 4.79 Å². The van der Waals surface area contributed by atoms with Crippen molar-refractivity contribution in [1.29, 1.82) is 0 Å². The van der Waals surface area contributed by atoms with Crippen LogP contribution < -0.4 is 0 Å². The van der Waals surface area contributed by atoms with Gasteiger partial charge in [-0.2, -0.15) is 0 Å². The number of rotatable bonds is 3. The molecule has 0 bridgehead atoms. The fraction of sp³-hybridized carbons (Fsp3) is 0.462. The first-order valence-corrected chi connectivity index (χ1v) is 7.13. The SMILES string of the molecule is C[C@@H](Sc1ccc(Cl)cc1)C(=O)N1CCCC1. The summed E-state index contributed by atoms with van der Waals surface area (Å²) in [6, 6.07) is 7.63. The van der Waals surface area contributed by atoms with Crippen LogP contribution in [0.5, 0.6) is 0 Å². The van der Waals surface area contributed by atoms with Gasteiger partial charge >= 0.3 is 0 Å². The molecule has 0 spiro atoms. The fourth-order valence-corrected chi connectivity index (χ4v) is 3.04. The van der Waals surface area contributed by atoms with Gasteiger partial charge in [0.1, 0.15) is 0 Å². The molecule has 1 aromatic carbocycles. The Hall–Kier alpha value is -0.670. The van der Waals surface area contributed by atoms with Gasteiger partial charge in [0.25, 0.3) is 0 Å². The van der Waals surface area contributed by atoms with Crippen LogP contribution in [0.2, 0.25) is 5.02 Å². The molecule has 1 aliphatic rings. The van der Waals surface area contributed by atoms with Gasteiger partial charge in [0.2, 0.25) is 5.91 Å². The maximum atomic E-state index is 12.1. The van der Waals surface area contributed by atoms with Gasteiger partial charge in [-0.3, -0.25) is 4.79 Å². The molecule has 4 heteroatoms. The van der Waals surface area contributed by atoms with Crippen molar-refractivity contribution in [2.75, 3.05) is 13.1 Å². The Morgan fingerprint density at radius 1 is 1.29 bits per heavy atom. The van der Waals surface area contributed by atoms with Crippen molar-refractivity contribution < 1.29 is 4.79 Å². The number of carbonyl (C=O) groups is 1. The second-order valence-electron chi connectivity index (χ2n) is 4.25. The van der Waals surface area contributed by atoms with Crippen molar-refractivity contribution in [2.24, 2.45) is 0 Å². The number of thioether (sulfide) groups is 1. The summed E-state index contributed by atoms with van der Waals surface area (Å²) in [7, 11) is 0. The zero-order valence-electron chi connectivity index (χ0n) is 9.86. The number of amides is 1. The first-order valence-electron chi connectivity index (χ1n) is 5.88. The molecule has 0 aromatic heterocycles. The molecular formula is C13H16ClNOS. The van der Waals surface area contributed by atoms with Crippen LogP contribution in [0.3, 0.4) is 0 Å². The van der Waals surface area contributed by atoms with Crippen molar-refractivity contribution in [1.82, 2.24) is 4.90 Å². The third kappa shape index (κ3) is 3.39. The monoisotopic (exact) mass is 269 g/mol. The Bertz CT molecular complexity index is 387. The number of benzene rings is 1. The number of hydrogen-bond donors (Lipinski definition) is 0. The molecule has 0 radical (unpaired) electrons. The highest BCUT2D eigenvalue weighted by atomic mass is 35.5. The van der Waals surface area contributed by atoms with Gasteiger partial charge in [-0.1, -0.05) is 11.6 Å². The molecule has 0 unspecified atom stereocenters. The van der Waals surface area contributed by atoms with Crippen LogP contribution in [0, 0.1) is 0 Å². The summed E-state index contributed by atoms with van der Waals surface area (Å²) in [5, 5.41) is 0.710. The highest BCUT2D eigenvalue weighted by Crippen LogP contribution is 2.26. The van der Waals surface area contributed by atoms with Crippen LogP contribution in [-0.2, 0) is 4.79 Å². The maximum Gasteiger partial charge on any atom is 0.235 e. The third-order valence-corrected chi connectivity index (χ3v) is 4.24. The van der Waals surface area contributed by atoms with Crippen LogP contribution in [0.15, 0.2) is 29.2 Å². The molecule has 1 fully saturated rings. The predicted octanol–water partition coefficient (Wildman–Crippen LogP) is 3.44. The van der Waals surface area contributed by atoms with Crippen LogP contribution in [0.1, 0.15) is 19.8 Å². The predicted molar refractivity (Wildman–Crippen MR) is 72.6 cm³/mol. The van der Waals surface area contributed by atoms with E-state index >= 15 is 0 Å². The van der Waals surface area contributed by atoms with E-state index in [1.165, 1.54) is 0 Å². The van der Waals surface area contributed by atoms with Crippen molar-refractivity contribution in [2.45, 2.75) is 29.9 Å². The zero-order valence-corrected chi connectivity index (χ0v) is 11.4. The third-order valence-electron chi connectivity index (χ3n) is 2.89. The average Bonchev–Trinajstić information content (AvgIpc) is 2.84. The highest BCUT2D eigenvalue weighted by molar-refractivity contribution is 8.00. The molecular weight excluding hydrogens is 254 g/mol. The minimum atomic E-state index is -0.0192. The van der Waals surface area contributed by atoms with E-state index in [0.29, 0.717) is 0 Å². The van der Waals surface area contributed by atoms with Crippen LogP contribution in [0.4, 0.5) is 0 Å². The minimum absolute atomic E-state index is 0.0192. The first kappa shape index (κ1) is 12.8. The van der Waals surface area contributed by atoms with Gasteiger partial charge in [0.05, 0.1) is 5.25 Å². The molecule has 0 N–H and O–H groups in total. The molecule has 1 saturated heterocycles. The second-order valence-corrected chi connectivity index (χ2v) is 6.10. The van der Waals surface area contributed by atoms with Crippen LogP contribution in [0.25, 0.3) is 0 Å². The van der Waals surface area contributed by atoms with Gasteiger partial charge in [0, 0.05) is 23.0 Å². The molecule has 1 aromatic rings. The first-order chi connectivity index (χ1) is 8.16. The number of likely N-dealkylation sites (tertiary alicyclic amines) is 1. The van der Waals surface area contributed by atoms with Crippen molar-refractivity contribution in [3.63, 3.8) is 0 Å². The summed E-state index contributed by atoms with van der Waals surface area (Å²) < 4.78 is 0. The largest absolute Gasteiger partial charge is 0.342 e. The molecule has 1 amide bonds. The fourth-order valence-electron chi connectivity index (χ4n) is 1.96. The van der Waals surface area contributed by atoms with E-state index < -0.39 is 0 Å². The zero-order chi connectivity index (χ0) is 12.3. The number of carbonyl (C=O) groups excluding carboxylic acids is 1. The normalized spacial score (nSPS) is 17.2. The lowest BCUT2D eigenvalue weighted by Gasteiger charge is -2.19. The highest BCUT2D eigenvalue weighted by Gasteiger charge is 2.23. The quantitative estimate of drug-likeness (QED) is 0.784. The molecule has 1 atom stereocenters. The Kier molecular flexibility index (Phi) is 4.35. The smallest absolute Gasteiger partial charge is 0.235 e. The van der Waals surface area contributed by atoms with E-state index in [0.717, 1.165) is 35.8 Å². The van der Waals surface area contributed by atoms with Gasteiger partial charge in [-0.15, -0.1) is 11.8 Å². The molecule has 17 heavy (non-hydrogen) atoms. The topological polar surface area (TPSA) is 20.3 Å². The van der Waals surface area contributed by atoms with Crippen LogP contribution in [-0.4, -0.2) is 29.1 Å². The van der Waals surface area contributed by atoms with Gasteiger partial charge in [0.15, 0.2) is 0 Å². The van der Waals surface area contributed by atoms with Gasteiger partial charge in [-0.05, 0) is 44.0 Å². The minimum Gasteiger partial charge on any atom is -0.342 e.